The lowest BCUT2D eigenvalue weighted by molar-refractivity contribution is 0.0786. The molecule has 7 nitrogen and oxygen atoms in total. The smallest absolute Gasteiger partial charge is 0.274 e. The summed E-state index contributed by atoms with van der Waals surface area (Å²) in [7, 11) is 0. The Kier molecular flexibility index (Phi) is 3.70. The molecule has 7 heteroatoms. The van der Waals surface area contributed by atoms with Gasteiger partial charge in [0, 0.05) is 31.9 Å². The first kappa shape index (κ1) is 15.1. The van der Waals surface area contributed by atoms with E-state index in [2.05, 4.69) is 37.6 Å². The number of hydrogen-bond acceptors (Lipinski definition) is 5. The Labute approximate surface area is 141 Å². The molecule has 0 unspecified atom stereocenters. The van der Waals surface area contributed by atoms with Crippen molar-refractivity contribution in [2.45, 2.75) is 32.7 Å². The number of carbonyl (C=O) groups is 1. The predicted molar refractivity (Wildman–Crippen MR) is 90.1 cm³/mol. The van der Waals surface area contributed by atoms with Crippen LogP contribution in [-0.2, 0) is 0 Å². The first-order valence-electron chi connectivity index (χ1n) is 8.51. The van der Waals surface area contributed by atoms with Crippen molar-refractivity contribution in [2.75, 3.05) is 31.1 Å². The maximum Gasteiger partial charge on any atom is 0.274 e. The number of anilines is 1. The Hall–Kier alpha value is -2.44. The van der Waals surface area contributed by atoms with Crippen LogP contribution in [0.25, 0.3) is 0 Å². The normalized spacial score (nSPS) is 18.1. The molecular weight excluding hydrogens is 304 g/mol. The van der Waals surface area contributed by atoms with Crippen molar-refractivity contribution in [1.82, 2.24) is 24.6 Å². The molecule has 24 heavy (non-hydrogen) atoms. The van der Waals surface area contributed by atoms with Crippen LogP contribution < -0.4 is 4.90 Å². The fourth-order valence-corrected chi connectivity index (χ4v) is 3.51. The third kappa shape index (κ3) is 2.64. The summed E-state index contributed by atoms with van der Waals surface area (Å²) in [6.07, 6.45) is 5.46. The number of nitrogens with zero attached hydrogens (tertiary/aromatic N) is 6. The highest BCUT2D eigenvalue weighted by Gasteiger charge is 2.31. The van der Waals surface area contributed by atoms with Gasteiger partial charge in [-0.15, -0.1) is 0 Å². The molecule has 126 valence electrons. The maximum absolute atomic E-state index is 12.5. The summed E-state index contributed by atoms with van der Waals surface area (Å²) in [6, 6.07) is 2.45. The van der Waals surface area contributed by atoms with Gasteiger partial charge in [-0.2, -0.15) is 5.10 Å². The number of rotatable bonds is 3. The summed E-state index contributed by atoms with van der Waals surface area (Å²) < 4.78 is 2.08. The minimum atomic E-state index is -0.00234. The maximum atomic E-state index is 12.5. The second-order valence-electron chi connectivity index (χ2n) is 6.69. The number of aryl methyl sites for hydroxylation is 2. The standard InChI is InChI=1S/C17H22N6O/c1-12-7-13(2)23(20-12)14-10-22(11-14)16-9-18-8-15(19-16)17(24)21-5-3-4-6-21/h7-9,14H,3-6,10-11H2,1-2H3. The summed E-state index contributed by atoms with van der Waals surface area (Å²) in [6.45, 7) is 7.44. The van der Waals surface area contributed by atoms with Crippen molar-refractivity contribution >= 4 is 11.7 Å². The summed E-state index contributed by atoms with van der Waals surface area (Å²) in [5.41, 5.74) is 2.68. The minimum Gasteiger partial charge on any atom is -0.351 e. The molecule has 0 bridgehead atoms. The lowest BCUT2D eigenvalue weighted by Gasteiger charge is -2.40. The summed E-state index contributed by atoms with van der Waals surface area (Å²) >= 11 is 0. The largest absolute Gasteiger partial charge is 0.351 e. The van der Waals surface area contributed by atoms with Gasteiger partial charge in [-0.1, -0.05) is 0 Å². The molecule has 4 rings (SSSR count). The topological polar surface area (TPSA) is 67.2 Å². The van der Waals surface area contributed by atoms with Gasteiger partial charge in [0.2, 0.25) is 0 Å². The van der Waals surface area contributed by atoms with Crippen LogP contribution in [0.5, 0.6) is 0 Å². The SMILES string of the molecule is Cc1cc(C)n(C2CN(c3cncc(C(=O)N4CCCC4)n3)C2)n1. The van der Waals surface area contributed by atoms with Crippen molar-refractivity contribution in [1.29, 1.82) is 0 Å². The van der Waals surface area contributed by atoms with Crippen LogP contribution in [0.3, 0.4) is 0 Å². The highest BCUT2D eigenvalue weighted by molar-refractivity contribution is 5.92. The number of amides is 1. The lowest BCUT2D eigenvalue weighted by atomic mass is 10.1. The summed E-state index contributed by atoms with van der Waals surface area (Å²) in [4.78, 5) is 25.2. The van der Waals surface area contributed by atoms with Crippen molar-refractivity contribution in [3.8, 4) is 0 Å². The van der Waals surface area contributed by atoms with Gasteiger partial charge in [0.25, 0.3) is 5.91 Å². The monoisotopic (exact) mass is 326 g/mol. The lowest BCUT2D eigenvalue weighted by Crippen LogP contribution is -2.49. The van der Waals surface area contributed by atoms with Gasteiger partial charge < -0.3 is 9.80 Å². The molecule has 2 aliphatic heterocycles. The molecule has 2 saturated heterocycles. The second-order valence-corrected chi connectivity index (χ2v) is 6.69. The van der Waals surface area contributed by atoms with Gasteiger partial charge in [0.1, 0.15) is 11.5 Å². The minimum absolute atomic E-state index is 0.00234. The Morgan fingerprint density at radius 1 is 1.17 bits per heavy atom. The molecular formula is C17H22N6O. The molecule has 0 N–H and O–H groups in total. The van der Waals surface area contributed by atoms with E-state index in [0.717, 1.165) is 50.5 Å². The first-order valence-corrected chi connectivity index (χ1v) is 8.51. The first-order chi connectivity index (χ1) is 11.6. The van der Waals surface area contributed by atoms with Crippen LogP contribution in [-0.4, -0.2) is 56.7 Å². The summed E-state index contributed by atoms with van der Waals surface area (Å²) in [5.74, 6) is 0.773. The van der Waals surface area contributed by atoms with E-state index >= 15 is 0 Å². The Morgan fingerprint density at radius 3 is 2.58 bits per heavy atom. The molecule has 0 aliphatic carbocycles. The van der Waals surface area contributed by atoms with Crippen molar-refractivity contribution < 1.29 is 4.79 Å². The van der Waals surface area contributed by atoms with Crippen LogP contribution in [0.4, 0.5) is 5.82 Å². The van der Waals surface area contributed by atoms with E-state index < -0.39 is 0 Å². The molecule has 0 spiro atoms. The van der Waals surface area contributed by atoms with Crippen molar-refractivity contribution in [3.63, 3.8) is 0 Å². The molecule has 2 aliphatic rings. The Bertz CT molecular complexity index is 758. The van der Waals surface area contributed by atoms with Gasteiger partial charge in [-0.05, 0) is 32.8 Å². The van der Waals surface area contributed by atoms with Gasteiger partial charge >= 0.3 is 0 Å². The fraction of sp³-hybridized carbons (Fsp3) is 0.529. The van der Waals surface area contributed by atoms with E-state index in [0.29, 0.717) is 11.7 Å². The average molecular weight is 326 g/mol. The van der Waals surface area contributed by atoms with Crippen LogP contribution >= 0.6 is 0 Å². The Balaban J connectivity index is 1.45. The fourth-order valence-electron chi connectivity index (χ4n) is 3.51. The molecule has 0 radical (unpaired) electrons. The van der Waals surface area contributed by atoms with E-state index in [1.807, 2.05) is 11.8 Å². The second kappa shape index (κ2) is 5.89. The van der Waals surface area contributed by atoms with Crippen LogP contribution in [0, 0.1) is 13.8 Å². The van der Waals surface area contributed by atoms with E-state index in [4.69, 9.17) is 0 Å². The molecule has 0 atom stereocenters. The number of aromatic nitrogens is 4. The Morgan fingerprint density at radius 2 is 1.92 bits per heavy atom. The molecule has 1 amide bonds. The third-order valence-corrected chi connectivity index (χ3v) is 4.81. The highest BCUT2D eigenvalue weighted by Crippen LogP contribution is 2.27. The number of carbonyl (C=O) groups excluding carboxylic acids is 1. The molecule has 4 heterocycles. The van der Waals surface area contributed by atoms with E-state index in [1.165, 1.54) is 5.69 Å². The van der Waals surface area contributed by atoms with Gasteiger partial charge in [-0.25, -0.2) is 4.98 Å². The van der Waals surface area contributed by atoms with Crippen LogP contribution in [0.1, 0.15) is 40.8 Å². The van der Waals surface area contributed by atoms with Gasteiger partial charge in [0.15, 0.2) is 0 Å². The summed E-state index contributed by atoms with van der Waals surface area (Å²) in [5, 5.41) is 4.55. The van der Waals surface area contributed by atoms with Gasteiger partial charge in [0.05, 0.1) is 24.1 Å². The van der Waals surface area contributed by atoms with Crippen LogP contribution in [0.15, 0.2) is 18.5 Å². The third-order valence-electron chi connectivity index (χ3n) is 4.81. The highest BCUT2D eigenvalue weighted by atomic mass is 16.2. The van der Waals surface area contributed by atoms with Crippen LogP contribution in [0.2, 0.25) is 0 Å². The zero-order valence-corrected chi connectivity index (χ0v) is 14.1. The molecule has 2 fully saturated rings. The van der Waals surface area contributed by atoms with Gasteiger partial charge in [-0.3, -0.25) is 14.5 Å². The quantitative estimate of drug-likeness (QED) is 0.857. The molecule has 2 aromatic heterocycles. The van der Waals surface area contributed by atoms with Crippen molar-refractivity contribution in [3.05, 3.63) is 35.5 Å². The zero-order valence-electron chi connectivity index (χ0n) is 14.1. The zero-order chi connectivity index (χ0) is 16.7. The van der Waals surface area contributed by atoms with Crippen molar-refractivity contribution in [2.24, 2.45) is 0 Å². The predicted octanol–water partition coefficient (Wildman–Crippen LogP) is 1.59. The average Bonchev–Trinajstić information content (AvgIpc) is 3.16. The van der Waals surface area contributed by atoms with E-state index in [1.54, 1.807) is 12.4 Å². The number of hydrogen-bond donors (Lipinski definition) is 0. The molecule has 2 aromatic rings. The number of likely N-dealkylation sites (tertiary alicyclic amines) is 1. The van der Waals surface area contributed by atoms with E-state index in [9.17, 15) is 4.79 Å². The molecule has 0 aromatic carbocycles. The van der Waals surface area contributed by atoms with E-state index in [-0.39, 0.29) is 5.91 Å². The molecule has 0 saturated carbocycles.